The molecule has 9 nitrogen and oxygen atoms in total. The van der Waals surface area contributed by atoms with Gasteiger partial charge in [-0.2, -0.15) is 0 Å². The largest absolute Gasteiger partial charge is 0.381 e. The van der Waals surface area contributed by atoms with Gasteiger partial charge < -0.3 is 19.7 Å². The molecule has 2 amide bonds. The van der Waals surface area contributed by atoms with Crippen molar-refractivity contribution in [3.8, 4) is 0 Å². The van der Waals surface area contributed by atoms with Crippen LogP contribution in [0, 0.1) is 5.92 Å². The molecule has 3 aliphatic rings. The number of nitrogens with zero attached hydrogens (tertiary/aromatic N) is 4. The predicted molar refractivity (Wildman–Crippen MR) is 119 cm³/mol. The van der Waals surface area contributed by atoms with E-state index in [1.807, 2.05) is 27.8 Å². The maximum atomic E-state index is 12.8. The molecular weight excluding hydrogens is 446 g/mol. The van der Waals surface area contributed by atoms with Crippen LogP contribution in [0.3, 0.4) is 0 Å². The van der Waals surface area contributed by atoms with Crippen LogP contribution in [-0.4, -0.2) is 63.6 Å². The lowest BCUT2D eigenvalue weighted by atomic mass is 9.99. The van der Waals surface area contributed by atoms with Crippen LogP contribution in [0.15, 0.2) is 24.3 Å². The van der Waals surface area contributed by atoms with E-state index in [2.05, 4.69) is 15.6 Å². The zero-order valence-electron chi connectivity index (χ0n) is 18.5. The Morgan fingerprint density at radius 3 is 2.91 bits per heavy atom. The molecule has 0 bridgehead atoms. The van der Waals surface area contributed by atoms with Crippen LogP contribution in [0.1, 0.15) is 36.2 Å². The number of amides is 2. The number of fused-ring (bicyclic) bond motifs is 1. The monoisotopic (exact) mass is 473 g/mol. The number of aromatic nitrogens is 3. The van der Waals surface area contributed by atoms with E-state index in [1.54, 1.807) is 6.07 Å². The van der Waals surface area contributed by atoms with Crippen LogP contribution >= 0.6 is 11.6 Å². The van der Waals surface area contributed by atoms with Crippen molar-refractivity contribution in [3.63, 3.8) is 0 Å². The van der Waals surface area contributed by atoms with E-state index in [9.17, 15) is 9.59 Å². The van der Waals surface area contributed by atoms with Crippen molar-refractivity contribution in [2.24, 2.45) is 5.92 Å². The molecular formula is C23H28ClN5O4. The fraction of sp³-hybridized carbons (Fsp3) is 0.565. The Hall–Kier alpha value is -2.49. The van der Waals surface area contributed by atoms with Crippen LogP contribution in [0.25, 0.3) is 0 Å². The van der Waals surface area contributed by atoms with E-state index in [-0.39, 0.29) is 17.7 Å². The molecule has 3 aliphatic heterocycles. The fourth-order valence-corrected chi connectivity index (χ4v) is 5.06. The molecule has 0 radical (unpaired) electrons. The zero-order chi connectivity index (χ0) is 22.8. The molecule has 1 atom stereocenters. The Labute approximate surface area is 197 Å². The van der Waals surface area contributed by atoms with E-state index < -0.39 is 5.60 Å². The summed E-state index contributed by atoms with van der Waals surface area (Å²) in [6, 6.07) is 7.40. The van der Waals surface area contributed by atoms with E-state index in [4.69, 9.17) is 21.1 Å². The topological polar surface area (TPSA) is 98.6 Å². The molecule has 1 spiro atoms. The number of benzene rings is 1. The first kappa shape index (κ1) is 22.3. The number of carbonyl (C=O) groups excluding carboxylic acids is 2. The minimum absolute atomic E-state index is 0.00131. The summed E-state index contributed by atoms with van der Waals surface area (Å²) in [5.74, 6) is 0.107. The number of rotatable bonds is 5. The van der Waals surface area contributed by atoms with Gasteiger partial charge in [-0.05, 0) is 37.0 Å². The average Bonchev–Trinajstić information content (AvgIpc) is 3.42. The Bertz CT molecular complexity index is 1040. The maximum Gasteiger partial charge on any atom is 0.227 e. The molecule has 1 aromatic carbocycles. The lowest BCUT2D eigenvalue weighted by Crippen LogP contribution is -2.45. The third kappa shape index (κ3) is 4.90. The van der Waals surface area contributed by atoms with Crippen molar-refractivity contribution in [1.82, 2.24) is 25.2 Å². The van der Waals surface area contributed by atoms with Crippen molar-refractivity contribution in [1.29, 1.82) is 0 Å². The van der Waals surface area contributed by atoms with Crippen LogP contribution in [0.5, 0.6) is 0 Å². The molecule has 1 aromatic heterocycles. The highest BCUT2D eigenvalue weighted by molar-refractivity contribution is 6.30. The highest BCUT2D eigenvalue weighted by atomic mass is 35.5. The minimum atomic E-state index is -0.451. The number of hydrogen-bond donors (Lipinski definition) is 1. The third-order valence-corrected chi connectivity index (χ3v) is 7.04. The number of hydrogen-bond acceptors (Lipinski definition) is 6. The number of carbonyl (C=O) groups is 2. The van der Waals surface area contributed by atoms with Gasteiger partial charge in [0, 0.05) is 30.7 Å². The second kappa shape index (κ2) is 9.40. The molecule has 176 valence electrons. The summed E-state index contributed by atoms with van der Waals surface area (Å²) in [6.07, 6.45) is 2.58. The fourth-order valence-electron chi connectivity index (χ4n) is 4.84. The smallest absolute Gasteiger partial charge is 0.227 e. The van der Waals surface area contributed by atoms with Crippen molar-refractivity contribution in [2.75, 3.05) is 26.3 Å². The van der Waals surface area contributed by atoms with E-state index >= 15 is 0 Å². The van der Waals surface area contributed by atoms with Crippen LogP contribution in [0.4, 0.5) is 0 Å². The van der Waals surface area contributed by atoms with Gasteiger partial charge in [0.1, 0.15) is 11.3 Å². The second-order valence-corrected chi connectivity index (χ2v) is 9.53. The summed E-state index contributed by atoms with van der Waals surface area (Å²) >= 11 is 6.04. The summed E-state index contributed by atoms with van der Waals surface area (Å²) in [5.41, 5.74) is 2.07. The van der Waals surface area contributed by atoms with Crippen molar-refractivity contribution in [3.05, 3.63) is 46.2 Å². The Balaban J connectivity index is 1.17. The SMILES string of the molecule is O=C(NCc1nnn2c1COC1(CCN(C(=O)Cc3cccc(Cl)c3)C1)C2)C1CCOCC1. The number of likely N-dealkylation sites (tertiary alicyclic amines) is 1. The van der Waals surface area contributed by atoms with Gasteiger partial charge in [-0.15, -0.1) is 5.10 Å². The van der Waals surface area contributed by atoms with Gasteiger partial charge in [-0.25, -0.2) is 4.68 Å². The number of ether oxygens (including phenoxy) is 2. The Kier molecular flexibility index (Phi) is 6.36. The van der Waals surface area contributed by atoms with E-state index in [1.165, 1.54) is 0 Å². The molecule has 1 N–H and O–H groups in total. The van der Waals surface area contributed by atoms with Gasteiger partial charge in [-0.1, -0.05) is 28.9 Å². The normalized spacial score (nSPS) is 23.0. The molecule has 4 heterocycles. The number of halogens is 1. The lowest BCUT2D eigenvalue weighted by Gasteiger charge is -2.34. The second-order valence-electron chi connectivity index (χ2n) is 9.09. The first-order valence-corrected chi connectivity index (χ1v) is 11.8. The highest BCUT2D eigenvalue weighted by Crippen LogP contribution is 2.33. The average molecular weight is 474 g/mol. The molecule has 0 saturated carbocycles. The summed E-state index contributed by atoms with van der Waals surface area (Å²) in [6.45, 7) is 3.70. The van der Waals surface area contributed by atoms with Gasteiger partial charge in [0.05, 0.1) is 38.4 Å². The predicted octanol–water partition coefficient (Wildman–Crippen LogP) is 1.72. The molecule has 0 aliphatic carbocycles. The molecule has 2 saturated heterocycles. The van der Waals surface area contributed by atoms with E-state index in [0.717, 1.165) is 36.2 Å². The van der Waals surface area contributed by atoms with E-state index in [0.29, 0.717) is 57.4 Å². The van der Waals surface area contributed by atoms with Gasteiger partial charge in [0.15, 0.2) is 0 Å². The molecule has 1 unspecified atom stereocenters. The van der Waals surface area contributed by atoms with Crippen LogP contribution in [0.2, 0.25) is 5.02 Å². The van der Waals surface area contributed by atoms with Gasteiger partial charge in [0.25, 0.3) is 0 Å². The third-order valence-electron chi connectivity index (χ3n) is 6.81. The molecule has 2 aromatic rings. The highest BCUT2D eigenvalue weighted by Gasteiger charge is 2.44. The quantitative estimate of drug-likeness (QED) is 0.710. The number of nitrogens with one attached hydrogen (secondary N) is 1. The Morgan fingerprint density at radius 2 is 2.09 bits per heavy atom. The van der Waals surface area contributed by atoms with Crippen molar-refractivity contribution in [2.45, 2.75) is 51.0 Å². The molecule has 10 heteroatoms. The lowest BCUT2D eigenvalue weighted by molar-refractivity contribution is -0.132. The maximum absolute atomic E-state index is 12.8. The summed E-state index contributed by atoms with van der Waals surface area (Å²) in [7, 11) is 0. The molecule has 2 fully saturated rings. The van der Waals surface area contributed by atoms with Crippen molar-refractivity contribution < 1.29 is 19.1 Å². The molecule has 5 rings (SSSR count). The summed E-state index contributed by atoms with van der Waals surface area (Å²) in [5, 5.41) is 12.2. The summed E-state index contributed by atoms with van der Waals surface area (Å²) < 4.78 is 13.5. The summed E-state index contributed by atoms with van der Waals surface area (Å²) in [4.78, 5) is 27.1. The van der Waals surface area contributed by atoms with Crippen molar-refractivity contribution >= 4 is 23.4 Å². The molecule has 33 heavy (non-hydrogen) atoms. The first-order chi connectivity index (χ1) is 16.0. The van der Waals surface area contributed by atoms with Gasteiger partial charge in [0.2, 0.25) is 11.8 Å². The van der Waals surface area contributed by atoms with Gasteiger partial charge in [-0.3, -0.25) is 9.59 Å². The minimum Gasteiger partial charge on any atom is -0.381 e. The van der Waals surface area contributed by atoms with Crippen LogP contribution < -0.4 is 5.32 Å². The Morgan fingerprint density at radius 1 is 1.24 bits per heavy atom. The standard InChI is InChI=1S/C23H28ClN5O4/c24-18-3-1-2-16(10-18)11-21(30)28-7-6-23(14-28)15-29-20(13-33-23)19(26-27-29)12-25-22(31)17-4-8-32-9-5-17/h1-3,10,17H,4-9,11-15H2,(H,25,31). The van der Waals surface area contributed by atoms with Crippen LogP contribution in [-0.2, 0) is 45.2 Å². The first-order valence-electron chi connectivity index (χ1n) is 11.4. The zero-order valence-corrected chi connectivity index (χ0v) is 19.2. The van der Waals surface area contributed by atoms with Gasteiger partial charge >= 0.3 is 0 Å².